The number of guanidine groups is 1. The number of pyridine rings is 1. The average Bonchev–Trinajstić information content (AvgIpc) is 2.82. The van der Waals surface area contributed by atoms with E-state index >= 15 is 0 Å². The fourth-order valence-electron chi connectivity index (χ4n) is 3.30. The number of aliphatic hydroxyl groups excluding tert-OH is 1. The van der Waals surface area contributed by atoms with Crippen LogP contribution in [0.3, 0.4) is 0 Å². The van der Waals surface area contributed by atoms with Gasteiger partial charge < -0.3 is 31.5 Å². The molecule has 0 saturated carbocycles. The van der Waals surface area contributed by atoms with E-state index in [1.165, 1.54) is 18.5 Å². The second-order valence-corrected chi connectivity index (χ2v) is 8.42. The van der Waals surface area contributed by atoms with Crippen molar-refractivity contribution < 1.29 is 37.8 Å². The number of carbonyl (C=O) groups excluding carboxylic acids is 2. The molecule has 2 heterocycles. The van der Waals surface area contributed by atoms with E-state index in [2.05, 4.69) is 31.2 Å². The van der Waals surface area contributed by atoms with Gasteiger partial charge in [0.05, 0.1) is 54.7 Å². The van der Waals surface area contributed by atoms with Crippen LogP contribution in [0.4, 0.5) is 18.9 Å². The second-order valence-electron chi connectivity index (χ2n) is 7.98. The summed E-state index contributed by atoms with van der Waals surface area (Å²) in [5.41, 5.74) is -0.764. The van der Waals surface area contributed by atoms with E-state index in [1.54, 1.807) is 0 Å². The lowest BCUT2D eigenvalue weighted by Gasteiger charge is -2.20. The molecule has 1 aromatic carbocycles. The van der Waals surface area contributed by atoms with E-state index in [-0.39, 0.29) is 22.7 Å². The maximum atomic E-state index is 13.1. The van der Waals surface area contributed by atoms with Crippen molar-refractivity contribution in [2.24, 2.45) is 4.99 Å². The molecule has 0 bridgehead atoms. The lowest BCUT2D eigenvalue weighted by Crippen LogP contribution is -2.42. The number of hydrogen-bond donors (Lipinski definition) is 6. The number of aliphatic carboxylic acids is 1. The van der Waals surface area contributed by atoms with Crippen molar-refractivity contribution in [3.63, 3.8) is 0 Å². The fourth-order valence-corrected chi connectivity index (χ4v) is 3.54. The molecule has 0 saturated heterocycles. The smallest absolute Gasteiger partial charge is 0.416 e. The zero-order chi connectivity index (χ0) is 27.2. The number of aromatic nitrogens is 1. The molecule has 2 atom stereocenters. The Morgan fingerprint density at radius 2 is 1.95 bits per heavy atom. The summed E-state index contributed by atoms with van der Waals surface area (Å²) in [7, 11) is 0. The number of nitrogens with one attached hydrogen (secondary N) is 4. The standard InChI is InChI=1S/C22H22ClF3N6O5/c23-14-2-11(1-13(4-14)22(24,25)26)17(5-19(35)36)32-18(34)10-28-20(37)12-3-15(7-27-6-12)31-21-29-8-16(33)9-30-21/h1-4,6-7,16-17,33H,5,8-10H2,(H,28,37)(H,32,34)(H,35,36)(H2,29,30,31). The number of aliphatic imine (C=N–C) groups is 1. The highest BCUT2D eigenvalue weighted by molar-refractivity contribution is 6.30. The van der Waals surface area contributed by atoms with Gasteiger partial charge in [0, 0.05) is 17.8 Å². The Balaban J connectivity index is 1.64. The highest BCUT2D eigenvalue weighted by atomic mass is 35.5. The third-order valence-corrected chi connectivity index (χ3v) is 5.22. The minimum atomic E-state index is -4.73. The monoisotopic (exact) mass is 542 g/mol. The number of β-amino-alcohol motifs (C(OH)–C–C–N with tert-alkyl or cyclic N) is 1. The number of carbonyl (C=O) groups is 3. The highest BCUT2D eigenvalue weighted by Crippen LogP contribution is 2.33. The Kier molecular flexibility index (Phi) is 8.89. The number of nitrogens with zero attached hydrogens (tertiary/aromatic N) is 2. The molecule has 2 amide bonds. The van der Waals surface area contributed by atoms with E-state index < -0.39 is 54.6 Å². The van der Waals surface area contributed by atoms with E-state index in [4.69, 9.17) is 16.7 Å². The van der Waals surface area contributed by atoms with Crippen LogP contribution < -0.4 is 21.3 Å². The van der Waals surface area contributed by atoms with E-state index in [0.29, 0.717) is 30.3 Å². The summed E-state index contributed by atoms with van der Waals surface area (Å²) in [6, 6.07) is 2.61. The number of benzene rings is 1. The first kappa shape index (κ1) is 27.7. The van der Waals surface area contributed by atoms with Gasteiger partial charge in [-0.2, -0.15) is 13.2 Å². The van der Waals surface area contributed by atoms with Gasteiger partial charge in [0.1, 0.15) is 0 Å². The van der Waals surface area contributed by atoms with Crippen LogP contribution in [0.1, 0.15) is 33.9 Å². The third kappa shape index (κ3) is 8.32. The van der Waals surface area contributed by atoms with Crippen LogP contribution in [0.15, 0.2) is 41.7 Å². The molecule has 0 radical (unpaired) electrons. The van der Waals surface area contributed by atoms with Crippen molar-refractivity contribution >= 4 is 41.0 Å². The number of rotatable bonds is 8. The van der Waals surface area contributed by atoms with Crippen molar-refractivity contribution in [3.8, 4) is 0 Å². The van der Waals surface area contributed by atoms with Gasteiger partial charge in [-0.25, -0.2) is 0 Å². The van der Waals surface area contributed by atoms with Crippen molar-refractivity contribution in [1.29, 1.82) is 0 Å². The summed E-state index contributed by atoms with van der Waals surface area (Å²) < 4.78 is 39.4. The maximum Gasteiger partial charge on any atom is 0.416 e. The number of amides is 2. The summed E-state index contributed by atoms with van der Waals surface area (Å²) in [5, 5.41) is 28.8. The first-order valence-electron chi connectivity index (χ1n) is 10.8. The molecule has 198 valence electrons. The predicted octanol–water partition coefficient (Wildman–Crippen LogP) is 1.55. The molecule has 1 aromatic heterocycles. The quantitative estimate of drug-likeness (QED) is 0.292. The number of aliphatic hydroxyl groups is 1. The van der Waals surface area contributed by atoms with Crippen LogP contribution in [-0.2, 0) is 15.8 Å². The minimum Gasteiger partial charge on any atom is -0.481 e. The normalized spacial score (nSPS) is 16.1. The molecule has 2 aromatic rings. The minimum absolute atomic E-state index is 0.0843. The Morgan fingerprint density at radius 1 is 1.19 bits per heavy atom. The van der Waals surface area contributed by atoms with Gasteiger partial charge >= 0.3 is 12.1 Å². The van der Waals surface area contributed by atoms with E-state index in [0.717, 1.165) is 6.07 Å². The highest BCUT2D eigenvalue weighted by Gasteiger charge is 2.32. The first-order valence-corrected chi connectivity index (χ1v) is 11.1. The van der Waals surface area contributed by atoms with E-state index in [9.17, 15) is 32.7 Å². The maximum absolute atomic E-state index is 13.1. The van der Waals surface area contributed by atoms with Gasteiger partial charge in [-0.3, -0.25) is 24.4 Å². The first-order chi connectivity index (χ1) is 17.4. The third-order valence-electron chi connectivity index (χ3n) is 5.00. The van der Waals surface area contributed by atoms with Crippen molar-refractivity contribution in [1.82, 2.24) is 20.9 Å². The Bertz CT molecular complexity index is 1210. The molecular weight excluding hydrogens is 521 g/mol. The number of anilines is 1. The molecule has 2 unspecified atom stereocenters. The number of halogens is 4. The molecule has 15 heteroatoms. The molecule has 0 fully saturated rings. The summed E-state index contributed by atoms with van der Waals surface area (Å²) >= 11 is 5.77. The zero-order valence-corrected chi connectivity index (χ0v) is 19.7. The van der Waals surface area contributed by atoms with Crippen LogP contribution in [0.5, 0.6) is 0 Å². The molecule has 0 spiro atoms. The van der Waals surface area contributed by atoms with Gasteiger partial charge in [0.15, 0.2) is 5.96 Å². The molecule has 1 aliphatic rings. The Hall–Kier alpha value is -3.91. The van der Waals surface area contributed by atoms with Gasteiger partial charge in [0.2, 0.25) is 5.91 Å². The van der Waals surface area contributed by atoms with Gasteiger partial charge in [-0.05, 0) is 29.8 Å². The predicted molar refractivity (Wildman–Crippen MR) is 126 cm³/mol. The Labute approximate surface area is 213 Å². The van der Waals surface area contributed by atoms with Gasteiger partial charge in [-0.15, -0.1) is 0 Å². The summed E-state index contributed by atoms with van der Waals surface area (Å²) in [4.78, 5) is 44.2. The van der Waals surface area contributed by atoms with E-state index in [1.807, 2.05) is 0 Å². The molecule has 0 aliphatic carbocycles. The topological polar surface area (TPSA) is 165 Å². The number of carboxylic acid groups (broad SMARTS) is 1. The molecule has 1 aliphatic heterocycles. The lowest BCUT2D eigenvalue weighted by molar-refractivity contribution is -0.138. The molecule has 37 heavy (non-hydrogen) atoms. The molecule has 11 nitrogen and oxygen atoms in total. The lowest BCUT2D eigenvalue weighted by atomic mass is 10.0. The molecule has 6 N–H and O–H groups in total. The average molecular weight is 543 g/mol. The number of hydrogen-bond acceptors (Lipinski definition) is 8. The fraction of sp³-hybridized carbons (Fsp3) is 0.318. The van der Waals surface area contributed by atoms with Crippen molar-refractivity contribution in [3.05, 3.63) is 58.4 Å². The zero-order valence-electron chi connectivity index (χ0n) is 19.0. The second kappa shape index (κ2) is 11.9. The molecule has 3 rings (SSSR count). The van der Waals surface area contributed by atoms with Crippen molar-refractivity contribution in [2.45, 2.75) is 24.7 Å². The summed E-state index contributed by atoms with van der Waals surface area (Å²) in [5.74, 6) is -2.51. The van der Waals surface area contributed by atoms with Crippen LogP contribution in [0, 0.1) is 0 Å². The van der Waals surface area contributed by atoms with Gasteiger partial charge in [-0.1, -0.05) is 11.6 Å². The van der Waals surface area contributed by atoms with Crippen LogP contribution >= 0.6 is 11.6 Å². The largest absolute Gasteiger partial charge is 0.481 e. The van der Waals surface area contributed by atoms with Gasteiger partial charge in [0.25, 0.3) is 5.91 Å². The summed E-state index contributed by atoms with van der Waals surface area (Å²) in [6.07, 6.45) is -3.38. The number of carboxylic acids is 1. The SMILES string of the molecule is O=C(O)CC(NC(=O)CNC(=O)c1cncc(NC2=NCC(O)CN2)c1)c1cc(Cl)cc(C(F)(F)F)c1. The van der Waals surface area contributed by atoms with Crippen molar-refractivity contribution in [2.75, 3.05) is 25.0 Å². The van der Waals surface area contributed by atoms with Crippen LogP contribution in [-0.4, -0.2) is 64.7 Å². The van der Waals surface area contributed by atoms with Crippen LogP contribution in [0.25, 0.3) is 0 Å². The summed E-state index contributed by atoms with van der Waals surface area (Å²) in [6.45, 7) is -0.0940. The number of alkyl halides is 3. The molecular formula is C22H22ClF3N6O5. The Morgan fingerprint density at radius 3 is 2.59 bits per heavy atom. The van der Waals surface area contributed by atoms with Crippen LogP contribution in [0.2, 0.25) is 5.02 Å².